The first-order valence-corrected chi connectivity index (χ1v) is 9.24. The lowest BCUT2D eigenvalue weighted by molar-refractivity contribution is -0.123. The van der Waals surface area contributed by atoms with Gasteiger partial charge in [0.25, 0.3) is 0 Å². The highest BCUT2D eigenvalue weighted by Crippen LogP contribution is 2.49. The molecule has 5 nitrogen and oxygen atoms in total. The summed E-state index contributed by atoms with van der Waals surface area (Å²) in [6, 6.07) is 11.1. The molecule has 2 N–H and O–H groups in total. The van der Waals surface area contributed by atoms with Crippen LogP contribution in [0.25, 0.3) is 0 Å². The minimum atomic E-state index is 0.114. The average Bonchev–Trinajstić information content (AvgIpc) is 3.09. The fourth-order valence-electron chi connectivity index (χ4n) is 4.36. The van der Waals surface area contributed by atoms with Crippen molar-refractivity contribution in [1.82, 2.24) is 20.4 Å². The van der Waals surface area contributed by atoms with E-state index in [9.17, 15) is 4.79 Å². The number of nitrogens with zero attached hydrogens (tertiary/aromatic N) is 2. The Morgan fingerprint density at radius 2 is 1.96 bits per heavy atom. The number of likely N-dealkylation sites (tertiary alicyclic amines) is 1. The molecule has 132 valence electrons. The highest BCUT2D eigenvalue weighted by Gasteiger charge is 2.46. The first kappa shape index (κ1) is 16.3. The van der Waals surface area contributed by atoms with Gasteiger partial charge in [0.1, 0.15) is 0 Å². The van der Waals surface area contributed by atoms with Gasteiger partial charge in [-0.05, 0) is 55.3 Å². The number of hydrogen-bond acceptors (Lipinski definition) is 3. The molecule has 1 aliphatic carbocycles. The number of carbonyl (C=O) groups excluding carboxylic acids is 1. The third kappa shape index (κ3) is 3.93. The van der Waals surface area contributed by atoms with E-state index in [4.69, 9.17) is 0 Å². The van der Waals surface area contributed by atoms with Crippen molar-refractivity contribution < 1.29 is 4.79 Å². The van der Waals surface area contributed by atoms with E-state index in [0.29, 0.717) is 17.9 Å². The maximum atomic E-state index is 12.1. The number of piperidine rings is 1. The Morgan fingerprint density at radius 1 is 1.20 bits per heavy atom. The molecule has 1 aliphatic heterocycles. The van der Waals surface area contributed by atoms with E-state index in [1.165, 1.54) is 31.5 Å². The summed E-state index contributed by atoms with van der Waals surface area (Å²) in [5.41, 5.74) is 2.82. The monoisotopic (exact) mass is 338 g/mol. The number of aromatic nitrogens is 2. The summed E-state index contributed by atoms with van der Waals surface area (Å²) < 4.78 is 0. The summed E-state index contributed by atoms with van der Waals surface area (Å²) in [7, 11) is 0. The van der Waals surface area contributed by atoms with Gasteiger partial charge < -0.3 is 5.32 Å². The first-order chi connectivity index (χ1) is 12.2. The van der Waals surface area contributed by atoms with Crippen molar-refractivity contribution in [2.24, 2.45) is 5.41 Å². The molecule has 4 rings (SSSR count). The molecule has 2 heterocycles. The zero-order chi connectivity index (χ0) is 17.1. The number of carbonyl (C=O) groups is 1. The Labute approximate surface area is 148 Å². The van der Waals surface area contributed by atoms with Crippen LogP contribution in [0.1, 0.15) is 36.8 Å². The molecule has 0 bridgehead atoms. The van der Waals surface area contributed by atoms with Gasteiger partial charge in [-0.2, -0.15) is 5.10 Å². The van der Waals surface area contributed by atoms with Gasteiger partial charge in [-0.1, -0.05) is 30.3 Å². The Kier molecular flexibility index (Phi) is 4.57. The van der Waals surface area contributed by atoms with Crippen LogP contribution < -0.4 is 5.32 Å². The minimum Gasteiger partial charge on any atom is -0.353 e. The molecule has 0 atom stereocenters. The number of hydrogen-bond donors (Lipinski definition) is 2. The van der Waals surface area contributed by atoms with E-state index in [1.807, 2.05) is 0 Å². The Bertz CT molecular complexity index is 682. The quantitative estimate of drug-likeness (QED) is 0.881. The average molecular weight is 338 g/mol. The molecule has 5 heteroatoms. The van der Waals surface area contributed by atoms with Gasteiger partial charge in [-0.3, -0.25) is 14.8 Å². The number of aromatic amines is 1. The smallest absolute Gasteiger partial charge is 0.224 e. The van der Waals surface area contributed by atoms with Crippen LogP contribution in [0.2, 0.25) is 0 Å². The summed E-state index contributed by atoms with van der Waals surface area (Å²) >= 11 is 0. The SMILES string of the molecule is O=C(Cc1cn[nH]c1)NC1CC2(CCN(Cc3ccccc3)CC2)C1. The van der Waals surface area contributed by atoms with Crippen LogP contribution in [0.4, 0.5) is 0 Å². The zero-order valence-corrected chi connectivity index (χ0v) is 14.6. The summed E-state index contributed by atoms with van der Waals surface area (Å²) in [6.45, 7) is 3.40. The van der Waals surface area contributed by atoms with Crippen molar-refractivity contribution in [3.8, 4) is 0 Å². The van der Waals surface area contributed by atoms with Crippen LogP contribution in [0.5, 0.6) is 0 Å². The van der Waals surface area contributed by atoms with Crippen molar-refractivity contribution in [3.63, 3.8) is 0 Å². The standard InChI is InChI=1S/C20H26N4O/c25-19(10-17-13-21-22-14-17)23-18-11-20(12-18)6-8-24(9-7-20)15-16-4-2-1-3-5-16/h1-5,13-14,18H,6-12,15H2,(H,21,22)(H,23,25). The van der Waals surface area contributed by atoms with E-state index in [0.717, 1.165) is 24.9 Å². The topological polar surface area (TPSA) is 61.0 Å². The van der Waals surface area contributed by atoms with Gasteiger partial charge >= 0.3 is 0 Å². The van der Waals surface area contributed by atoms with Crippen LogP contribution in [0, 0.1) is 5.41 Å². The Morgan fingerprint density at radius 3 is 2.64 bits per heavy atom. The molecular weight excluding hydrogens is 312 g/mol. The van der Waals surface area contributed by atoms with Crippen molar-refractivity contribution in [1.29, 1.82) is 0 Å². The van der Waals surface area contributed by atoms with Crippen LogP contribution in [-0.4, -0.2) is 40.1 Å². The highest BCUT2D eigenvalue weighted by molar-refractivity contribution is 5.78. The lowest BCUT2D eigenvalue weighted by atomic mass is 9.60. The second-order valence-corrected chi connectivity index (χ2v) is 7.72. The van der Waals surface area contributed by atoms with Crippen LogP contribution in [-0.2, 0) is 17.8 Å². The number of rotatable bonds is 5. The van der Waals surface area contributed by atoms with Gasteiger partial charge in [0.05, 0.1) is 12.6 Å². The molecule has 2 aliphatic rings. The summed E-state index contributed by atoms with van der Waals surface area (Å²) in [6.07, 6.45) is 8.72. The second kappa shape index (κ2) is 7.00. The minimum absolute atomic E-state index is 0.114. The van der Waals surface area contributed by atoms with Crippen molar-refractivity contribution in [2.45, 2.75) is 44.7 Å². The Hall–Kier alpha value is -2.14. The van der Waals surface area contributed by atoms with Gasteiger partial charge in [0.15, 0.2) is 0 Å². The van der Waals surface area contributed by atoms with Gasteiger partial charge in [-0.15, -0.1) is 0 Å². The molecule has 1 saturated carbocycles. The third-order valence-electron chi connectivity index (χ3n) is 5.81. The maximum absolute atomic E-state index is 12.1. The summed E-state index contributed by atoms with van der Waals surface area (Å²) in [5, 5.41) is 9.82. The Balaban J connectivity index is 1.19. The summed E-state index contributed by atoms with van der Waals surface area (Å²) in [4.78, 5) is 14.6. The van der Waals surface area contributed by atoms with Gasteiger partial charge in [-0.25, -0.2) is 0 Å². The number of amides is 1. The highest BCUT2D eigenvalue weighted by atomic mass is 16.1. The zero-order valence-electron chi connectivity index (χ0n) is 14.6. The van der Waals surface area contributed by atoms with E-state index in [-0.39, 0.29) is 5.91 Å². The molecule has 1 aromatic heterocycles. The number of nitrogens with one attached hydrogen (secondary N) is 2. The largest absolute Gasteiger partial charge is 0.353 e. The molecule has 1 amide bonds. The predicted molar refractivity (Wildman–Crippen MR) is 96.8 cm³/mol. The lowest BCUT2D eigenvalue weighted by Gasteiger charge is -2.52. The normalized spacial score (nSPS) is 20.3. The molecule has 2 aromatic rings. The second-order valence-electron chi connectivity index (χ2n) is 7.72. The van der Waals surface area contributed by atoms with E-state index < -0.39 is 0 Å². The third-order valence-corrected chi connectivity index (χ3v) is 5.81. The molecule has 1 aromatic carbocycles. The fourth-order valence-corrected chi connectivity index (χ4v) is 4.36. The van der Waals surface area contributed by atoms with Gasteiger partial charge in [0, 0.05) is 18.8 Å². The van der Waals surface area contributed by atoms with Crippen molar-refractivity contribution >= 4 is 5.91 Å². The summed E-state index contributed by atoms with van der Waals surface area (Å²) in [5.74, 6) is 0.114. The van der Waals surface area contributed by atoms with Crippen LogP contribution >= 0.6 is 0 Å². The number of H-pyrrole nitrogens is 1. The molecule has 1 saturated heterocycles. The van der Waals surface area contributed by atoms with E-state index >= 15 is 0 Å². The maximum Gasteiger partial charge on any atom is 0.224 e. The van der Waals surface area contributed by atoms with Crippen molar-refractivity contribution in [3.05, 3.63) is 53.9 Å². The molecule has 1 spiro atoms. The molecule has 0 unspecified atom stereocenters. The van der Waals surface area contributed by atoms with Crippen LogP contribution in [0.15, 0.2) is 42.7 Å². The first-order valence-electron chi connectivity index (χ1n) is 9.24. The lowest BCUT2D eigenvalue weighted by Crippen LogP contribution is -2.55. The molecule has 25 heavy (non-hydrogen) atoms. The number of benzene rings is 1. The van der Waals surface area contributed by atoms with E-state index in [2.05, 4.69) is 50.7 Å². The molecular formula is C20H26N4O. The fraction of sp³-hybridized carbons (Fsp3) is 0.500. The van der Waals surface area contributed by atoms with Crippen LogP contribution in [0.3, 0.4) is 0 Å². The van der Waals surface area contributed by atoms with E-state index in [1.54, 1.807) is 12.4 Å². The predicted octanol–water partition coefficient (Wildman–Crippen LogP) is 2.51. The van der Waals surface area contributed by atoms with Crippen molar-refractivity contribution in [2.75, 3.05) is 13.1 Å². The van der Waals surface area contributed by atoms with Gasteiger partial charge in [0.2, 0.25) is 5.91 Å². The molecule has 2 fully saturated rings. The molecule has 0 radical (unpaired) electrons.